The lowest BCUT2D eigenvalue weighted by Crippen LogP contribution is -2.49. The average molecular weight is 257 g/mol. The smallest absolute Gasteiger partial charge is 0.0638 e. The topological polar surface area (TPSA) is 41.7 Å². The highest BCUT2D eigenvalue weighted by molar-refractivity contribution is 4.89. The molecular weight excluding hydrogens is 226 g/mol. The van der Waals surface area contributed by atoms with Crippen LogP contribution in [-0.2, 0) is 4.74 Å². The van der Waals surface area contributed by atoms with Crippen LogP contribution in [0.5, 0.6) is 0 Å². The molecule has 2 unspecified atom stereocenters. The summed E-state index contributed by atoms with van der Waals surface area (Å²) in [6, 6.07) is 1.09. The molecule has 1 aliphatic rings. The molecular formula is C14H31N3O. The highest BCUT2D eigenvalue weighted by Crippen LogP contribution is 2.26. The Morgan fingerprint density at radius 3 is 2.61 bits per heavy atom. The zero-order valence-electron chi connectivity index (χ0n) is 12.8. The zero-order chi connectivity index (χ0) is 13.8. The summed E-state index contributed by atoms with van der Waals surface area (Å²) in [6.45, 7) is 7.32. The van der Waals surface area contributed by atoms with E-state index in [1.165, 1.54) is 19.4 Å². The summed E-state index contributed by atoms with van der Waals surface area (Å²) >= 11 is 0. The highest BCUT2D eigenvalue weighted by Gasteiger charge is 2.33. The molecule has 1 fully saturated rings. The lowest BCUT2D eigenvalue weighted by Gasteiger charge is -2.37. The second-order valence-electron chi connectivity index (χ2n) is 6.35. The van der Waals surface area contributed by atoms with Crippen molar-refractivity contribution in [1.29, 1.82) is 0 Å². The number of likely N-dealkylation sites (tertiary alicyclic amines) is 1. The van der Waals surface area contributed by atoms with Gasteiger partial charge in [-0.2, -0.15) is 0 Å². The van der Waals surface area contributed by atoms with Crippen LogP contribution in [0.15, 0.2) is 0 Å². The van der Waals surface area contributed by atoms with Crippen molar-refractivity contribution in [1.82, 2.24) is 9.80 Å². The Labute approximate surface area is 112 Å². The molecule has 0 bridgehead atoms. The standard InChI is InChI=1S/C14H31N3O/c1-14(2,18-5)9-13(10-15)17-8-6-7-12(17)11-16(3)4/h12-13H,6-11,15H2,1-5H3. The normalized spacial score (nSPS) is 23.8. The van der Waals surface area contributed by atoms with Crippen LogP contribution >= 0.6 is 0 Å². The molecule has 0 aromatic rings. The van der Waals surface area contributed by atoms with Gasteiger partial charge >= 0.3 is 0 Å². The zero-order valence-corrected chi connectivity index (χ0v) is 12.8. The molecule has 1 heterocycles. The van der Waals surface area contributed by atoms with E-state index in [9.17, 15) is 0 Å². The van der Waals surface area contributed by atoms with Crippen molar-refractivity contribution in [2.24, 2.45) is 5.73 Å². The van der Waals surface area contributed by atoms with Crippen LogP contribution in [0.2, 0.25) is 0 Å². The quantitative estimate of drug-likeness (QED) is 0.743. The fraction of sp³-hybridized carbons (Fsp3) is 1.00. The molecule has 18 heavy (non-hydrogen) atoms. The third-order valence-electron chi connectivity index (χ3n) is 4.02. The van der Waals surface area contributed by atoms with Crippen LogP contribution in [0.3, 0.4) is 0 Å². The van der Waals surface area contributed by atoms with E-state index in [0.29, 0.717) is 12.1 Å². The van der Waals surface area contributed by atoms with Crippen molar-refractivity contribution in [3.8, 4) is 0 Å². The van der Waals surface area contributed by atoms with E-state index < -0.39 is 0 Å². The van der Waals surface area contributed by atoms with Gasteiger partial charge in [0.05, 0.1) is 5.60 Å². The van der Waals surface area contributed by atoms with Crippen LogP contribution in [0, 0.1) is 0 Å². The first-order valence-corrected chi connectivity index (χ1v) is 7.05. The van der Waals surface area contributed by atoms with Gasteiger partial charge in [-0.15, -0.1) is 0 Å². The van der Waals surface area contributed by atoms with Gasteiger partial charge in [0.25, 0.3) is 0 Å². The summed E-state index contributed by atoms with van der Waals surface area (Å²) in [7, 11) is 6.08. The minimum atomic E-state index is -0.0880. The summed E-state index contributed by atoms with van der Waals surface area (Å²) in [4.78, 5) is 4.87. The maximum atomic E-state index is 6.00. The van der Waals surface area contributed by atoms with Gasteiger partial charge in [-0.1, -0.05) is 0 Å². The van der Waals surface area contributed by atoms with Crippen LogP contribution in [0.25, 0.3) is 0 Å². The Morgan fingerprint density at radius 2 is 2.11 bits per heavy atom. The van der Waals surface area contributed by atoms with E-state index in [0.717, 1.165) is 19.5 Å². The van der Waals surface area contributed by atoms with E-state index in [1.54, 1.807) is 7.11 Å². The Kier molecular flexibility index (Phi) is 6.05. The maximum Gasteiger partial charge on any atom is 0.0638 e. The number of hydrogen-bond donors (Lipinski definition) is 1. The Hall–Kier alpha value is -0.160. The number of nitrogens with zero attached hydrogens (tertiary/aromatic N) is 2. The Bertz CT molecular complexity index is 243. The maximum absolute atomic E-state index is 6.00. The summed E-state index contributed by atoms with van der Waals surface area (Å²) in [5.74, 6) is 0. The largest absolute Gasteiger partial charge is 0.379 e. The first-order valence-electron chi connectivity index (χ1n) is 7.05. The predicted molar refractivity (Wildman–Crippen MR) is 76.8 cm³/mol. The van der Waals surface area contributed by atoms with Crippen LogP contribution in [-0.4, -0.2) is 68.3 Å². The molecule has 0 radical (unpaired) electrons. The summed E-state index contributed by atoms with van der Waals surface area (Å²) in [6.07, 6.45) is 3.59. The number of likely N-dealkylation sites (N-methyl/N-ethyl adjacent to an activating group) is 1. The Balaban J connectivity index is 2.63. The predicted octanol–water partition coefficient (Wildman–Crippen LogP) is 1.15. The van der Waals surface area contributed by atoms with Crippen molar-refractivity contribution in [3.05, 3.63) is 0 Å². The molecule has 1 saturated heterocycles. The van der Waals surface area contributed by atoms with E-state index in [2.05, 4.69) is 37.7 Å². The van der Waals surface area contributed by atoms with E-state index in [-0.39, 0.29) is 5.60 Å². The summed E-state index contributed by atoms with van der Waals surface area (Å²) in [5, 5.41) is 0. The number of methoxy groups -OCH3 is 1. The second kappa shape index (κ2) is 6.85. The van der Waals surface area contributed by atoms with Crippen LogP contribution in [0.1, 0.15) is 33.1 Å². The monoisotopic (exact) mass is 257 g/mol. The molecule has 0 aromatic carbocycles. The van der Waals surface area contributed by atoms with Gasteiger partial charge < -0.3 is 15.4 Å². The van der Waals surface area contributed by atoms with Gasteiger partial charge in [-0.3, -0.25) is 4.90 Å². The highest BCUT2D eigenvalue weighted by atomic mass is 16.5. The molecule has 0 aliphatic carbocycles. The number of ether oxygens (including phenoxy) is 1. The fourth-order valence-electron chi connectivity index (χ4n) is 2.94. The van der Waals surface area contributed by atoms with E-state index >= 15 is 0 Å². The molecule has 0 saturated carbocycles. The summed E-state index contributed by atoms with van der Waals surface area (Å²) in [5.41, 5.74) is 5.91. The van der Waals surface area contributed by atoms with Crippen LogP contribution < -0.4 is 5.73 Å². The summed E-state index contributed by atoms with van der Waals surface area (Å²) < 4.78 is 5.55. The van der Waals surface area contributed by atoms with E-state index in [1.807, 2.05) is 0 Å². The van der Waals surface area contributed by atoms with Crippen molar-refractivity contribution < 1.29 is 4.74 Å². The molecule has 2 N–H and O–H groups in total. The number of hydrogen-bond acceptors (Lipinski definition) is 4. The minimum absolute atomic E-state index is 0.0880. The van der Waals surface area contributed by atoms with Crippen molar-refractivity contribution >= 4 is 0 Å². The first kappa shape index (κ1) is 15.9. The van der Waals surface area contributed by atoms with Crippen molar-refractivity contribution in [2.75, 3.05) is 40.8 Å². The van der Waals surface area contributed by atoms with Crippen LogP contribution in [0.4, 0.5) is 0 Å². The molecule has 0 amide bonds. The molecule has 108 valence electrons. The molecule has 0 aromatic heterocycles. The van der Waals surface area contributed by atoms with Gasteiger partial charge in [0.1, 0.15) is 0 Å². The van der Waals surface area contributed by atoms with Gasteiger partial charge in [0, 0.05) is 32.3 Å². The SMILES string of the molecule is COC(C)(C)CC(CN)N1CCCC1CN(C)C. The lowest BCUT2D eigenvalue weighted by molar-refractivity contribution is -0.0105. The average Bonchev–Trinajstić information content (AvgIpc) is 2.73. The second-order valence-corrected chi connectivity index (χ2v) is 6.35. The van der Waals surface area contributed by atoms with Gasteiger partial charge in [0.15, 0.2) is 0 Å². The third kappa shape index (κ3) is 4.50. The molecule has 0 spiro atoms. The Morgan fingerprint density at radius 1 is 1.44 bits per heavy atom. The van der Waals surface area contributed by atoms with E-state index in [4.69, 9.17) is 10.5 Å². The van der Waals surface area contributed by atoms with Gasteiger partial charge in [-0.05, 0) is 53.8 Å². The lowest BCUT2D eigenvalue weighted by atomic mass is 9.97. The number of nitrogens with two attached hydrogens (primary N) is 1. The number of rotatable bonds is 7. The molecule has 2 atom stereocenters. The molecule has 4 heteroatoms. The van der Waals surface area contributed by atoms with Crippen molar-refractivity contribution in [2.45, 2.75) is 50.8 Å². The van der Waals surface area contributed by atoms with Gasteiger partial charge in [0.2, 0.25) is 0 Å². The molecule has 1 aliphatic heterocycles. The van der Waals surface area contributed by atoms with Crippen molar-refractivity contribution in [3.63, 3.8) is 0 Å². The minimum Gasteiger partial charge on any atom is -0.379 e. The molecule has 1 rings (SSSR count). The van der Waals surface area contributed by atoms with Gasteiger partial charge in [-0.25, -0.2) is 0 Å². The fourth-order valence-corrected chi connectivity index (χ4v) is 2.94. The molecule has 4 nitrogen and oxygen atoms in total. The first-order chi connectivity index (χ1) is 8.39. The third-order valence-corrected chi connectivity index (χ3v) is 4.02.